The molecule has 0 aliphatic heterocycles. The van der Waals surface area contributed by atoms with Crippen LogP contribution in [0.4, 0.5) is 0 Å². The van der Waals surface area contributed by atoms with Crippen molar-refractivity contribution in [2.24, 2.45) is 0 Å². The van der Waals surface area contributed by atoms with Crippen molar-refractivity contribution in [1.29, 1.82) is 0 Å². The lowest BCUT2D eigenvalue weighted by Gasteiger charge is -2.22. The third kappa shape index (κ3) is 4.54. The number of rotatable bonds is 4. The van der Waals surface area contributed by atoms with Gasteiger partial charge in [0.25, 0.3) is 0 Å². The minimum atomic E-state index is -0.0569. The fourth-order valence-corrected chi connectivity index (χ4v) is 7.24. The summed E-state index contributed by atoms with van der Waals surface area (Å²) in [5, 5.41) is 4.98. The van der Waals surface area contributed by atoms with Crippen molar-refractivity contribution >= 4 is 21.5 Å². The lowest BCUT2D eigenvalue weighted by Crippen LogP contribution is -2.14. The van der Waals surface area contributed by atoms with Crippen LogP contribution in [0.2, 0.25) is 0 Å². The molecule has 2 heterocycles. The molecule has 3 heteroatoms. The zero-order chi connectivity index (χ0) is 31.5. The Morgan fingerprint density at radius 2 is 1.11 bits per heavy atom. The van der Waals surface area contributed by atoms with Gasteiger partial charge in [0.1, 0.15) is 0 Å². The maximum Gasteiger partial charge on any atom is 0.160 e. The number of nitrogens with zero attached hydrogens (tertiary/aromatic N) is 3. The van der Waals surface area contributed by atoms with Gasteiger partial charge in [-0.2, -0.15) is 0 Å². The van der Waals surface area contributed by atoms with E-state index in [2.05, 4.69) is 146 Å². The molecule has 0 saturated heterocycles. The molecule has 8 aromatic rings. The van der Waals surface area contributed by atoms with Crippen LogP contribution in [-0.2, 0) is 5.41 Å². The van der Waals surface area contributed by atoms with E-state index in [1.165, 1.54) is 43.8 Å². The van der Waals surface area contributed by atoms with Gasteiger partial charge < -0.3 is 0 Å². The van der Waals surface area contributed by atoms with Crippen molar-refractivity contribution in [3.8, 4) is 56.2 Å². The highest BCUT2D eigenvalue weighted by Gasteiger charge is 2.35. The molecule has 1 aliphatic rings. The molecule has 222 valence electrons. The minimum Gasteiger partial charge on any atom is -0.264 e. The number of benzene rings is 6. The Balaban J connectivity index is 1.20. The van der Waals surface area contributed by atoms with E-state index in [1.807, 2.05) is 18.3 Å². The van der Waals surface area contributed by atoms with Gasteiger partial charge in [-0.05, 0) is 85.3 Å². The van der Waals surface area contributed by atoms with Gasteiger partial charge in [-0.25, -0.2) is 9.97 Å². The first-order chi connectivity index (χ1) is 23.0. The molecule has 1 aliphatic carbocycles. The summed E-state index contributed by atoms with van der Waals surface area (Å²) < 4.78 is 0. The van der Waals surface area contributed by atoms with Crippen LogP contribution in [0.25, 0.3) is 77.7 Å². The SMILES string of the molecule is CC1(C)c2ccccc2-c2cc3ccc4ccc(-c5cc(-c6ccccc6)nc(-c6ccc(-c7cccnc7)cc6)n5)cc4c3cc21. The predicted molar refractivity (Wildman–Crippen MR) is 194 cm³/mol. The van der Waals surface area contributed by atoms with Crippen molar-refractivity contribution in [1.82, 2.24) is 15.0 Å². The van der Waals surface area contributed by atoms with E-state index in [9.17, 15) is 0 Å². The normalized spacial score (nSPS) is 13.1. The second-order valence-electron chi connectivity index (χ2n) is 12.9. The van der Waals surface area contributed by atoms with E-state index in [0.29, 0.717) is 5.82 Å². The zero-order valence-electron chi connectivity index (χ0n) is 26.3. The summed E-state index contributed by atoms with van der Waals surface area (Å²) in [5.74, 6) is 0.703. The third-order valence-corrected chi connectivity index (χ3v) is 9.77. The average molecular weight is 602 g/mol. The topological polar surface area (TPSA) is 38.7 Å². The van der Waals surface area contributed by atoms with Crippen LogP contribution in [0, 0.1) is 0 Å². The van der Waals surface area contributed by atoms with Gasteiger partial charge in [0.15, 0.2) is 5.82 Å². The van der Waals surface area contributed by atoms with E-state index in [4.69, 9.17) is 9.97 Å². The summed E-state index contributed by atoms with van der Waals surface area (Å²) in [6.07, 6.45) is 3.68. The molecule has 0 saturated carbocycles. The molecule has 0 spiro atoms. The smallest absolute Gasteiger partial charge is 0.160 e. The molecule has 0 radical (unpaired) electrons. The Labute approximate surface area is 274 Å². The molecule has 0 N–H and O–H groups in total. The second kappa shape index (κ2) is 10.6. The van der Waals surface area contributed by atoms with Crippen LogP contribution >= 0.6 is 0 Å². The van der Waals surface area contributed by atoms with Crippen LogP contribution in [0.1, 0.15) is 25.0 Å². The van der Waals surface area contributed by atoms with E-state index in [1.54, 1.807) is 6.20 Å². The Bertz CT molecular complexity index is 2460. The van der Waals surface area contributed by atoms with E-state index >= 15 is 0 Å². The first kappa shape index (κ1) is 27.4. The third-order valence-electron chi connectivity index (χ3n) is 9.77. The summed E-state index contributed by atoms with van der Waals surface area (Å²) in [5.41, 5.74) is 12.5. The zero-order valence-corrected chi connectivity index (χ0v) is 26.3. The highest BCUT2D eigenvalue weighted by molar-refractivity contribution is 6.10. The lowest BCUT2D eigenvalue weighted by molar-refractivity contribution is 0.661. The Morgan fingerprint density at radius 1 is 0.447 bits per heavy atom. The molecular weight excluding hydrogens is 571 g/mol. The first-order valence-electron chi connectivity index (χ1n) is 16.1. The van der Waals surface area contributed by atoms with Crippen molar-refractivity contribution in [3.05, 3.63) is 163 Å². The number of pyridine rings is 1. The fourth-order valence-electron chi connectivity index (χ4n) is 7.24. The van der Waals surface area contributed by atoms with Crippen LogP contribution in [0.15, 0.2) is 152 Å². The predicted octanol–water partition coefficient (Wildman–Crippen LogP) is 11.2. The molecule has 9 rings (SSSR count). The molecule has 0 bridgehead atoms. The summed E-state index contributed by atoms with van der Waals surface area (Å²) in [7, 11) is 0. The Hall–Kier alpha value is -5.93. The Morgan fingerprint density at radius 3 is 1.91 bits per heavy atom. The van der Waals surface area contributed by atoms with Gasteiger partial charge in [0, 0.05) is 34.5 Å². The number of hydrogen-bond acceptors (Lipinski definition) is 3. The average Bonchev–Trinajstić information content (AvgIpc) is 3.36. The molecule has 47 heavy (non-hydrogen) atoms. The highest BCUT2D eigenvalue weighted by Crippen LogP contribution is 2.50. The fraction of sp³-hybridized carbons (Fsp3) is 0.0682. The highest BCUT2D eigenvalue weighted by atomic mass is 14.9. The van der Waals surface area contributed by atoms with Crippen LogP contribution in [0.5, 0.6) is 0 Å². The largest absolute Gasteiger partial charge is 0.264 e. The molecule has 0 unspecified atom stereocenters. The van der Waals surface area contributed by atoms with Crippen LogP contribution in [0.3, 0.4) is 0 Å². The van der Waals surface area contributed by atoms with Crippen molar-refractivity contribution < 1.29 is 0 Å². The second-order valence-corrected chi connectivity index (χ2v) is 12.9. The van der Waals surface area contributed by atoms with Crippen molar-refractivity contribution in [2.45, 2.75) is 19.3 Å². The van der Waals surface area contributed by atoms with Crippen LogP contribution < -0.4 is 0 Å². The van der Waals surface area contributed by atoms with Gasteiger partial charge in [-0.15, -0.1) is 0 Å². The number of aromatic nitrogens is 3. The molecule has 0 fully saturated rings. The van der Waals surface area contributed by atoms with Gasteiger partial charge >= 0.3 is 0 Å². The lowest BCUT2D eigenvalue weighted by atomic mass is 9.81. The van der Waals surface area contributed by atoms with Gasteiger partial charge in [0.2, 0.25) is 0 Å². The van der Waals surface area contributed by atoms with Gasteiger partial charge in [-0.3, -0.25) is 4.98 Å². The summed E-state index contributed by atoms with van der Waals surface area (Å²) in [4.78, 5) is 14.5. The monoisotopic (exact) mass is 601 g/mol. The van der Waals surface area contributed by atoms with Crippen LogP contribution in [-0.4, -0.2) is 15.0 Å². The first-order valence-corrected chi connectivity index (χ1v) is 16.1. The van der Waals surface area contributed by atoms with E-state index < -0.39 is 0 Å². The molecule has 6 aromatic carbocycles. The maximum absolute atomic E-state index is 5.17. The van der Waals surface area contributed by atoms with Crippen molar-refractivity contribution in [2.75, 3.05) is 0 Å². The van der Waals surface area contributed by atoms with E-state index in [-0.39, 0.29) is 5.41 Å². The van der Waals surface area contributed by atoms with Crippen molar-refractivity contribution in [3.63, 3.8) is 0 Å². The molecule has 3 nitrogen and oxygen atoms in total. The molecule has 2 aromatic heterocycles. The summed E-state index contributed by atoms with van der Waals surface area (Å²) in [6, 6.07) is 49.8. The number of hydrogen-bond donors (Lipinski definition) is 0. The quantitative estimate of drug-likeness (QED) is 0.188. The minimum absolute atomic E-state index is 0.0569. The molecule has 0 atom stereocenters. The standard InChI is InChI=1S/C44H31N3/c1-44(2)39-13-7-6-12-35(39)38-23-32-20-16-29-17-21-33(24-36(29)37(32)25-40(38)44)42-26-41(30-9-4-3-5-10-30)46-43(47-42)31-18-14-28(15-19-31)34-11-8-22-45-27-34/h3-27H,1-2H3. The van der Waals surface area contributed by atoms with E-state index in [0.717, 1.165) is 39.2 Å². The number of fused-ring (bicyclic) bond motifs is 6. The maximum atomic E-state index is 5.17. The van der Waals surface area contributed by atoms with Gasteiger partial charge in [0.05, 0.1) is 11.4 Å². The summed E-state index contributed by atoms with van der Waals surface area (Å²) in [6.45, 7) is 4.69. The Kier molecular flexibility index (Phi) is 6.16. The molecule has 0 amide bonds. The van der Waals surface area contributed by atoms with Gasteiger partial charge in [-0.1, -0.05) is 123 Å². The summed E-state index contributed by atoms with van der Waals surface area (Å²) >= 11 is 0. The molecular formula is C44H31N3.